The number of hydrogen-bond acceptors (Lipinski definition) is 5. The minimum absolute atomic E-state index is 0.237. The molecule has 0 amide bonds. The van der Waals surface area contributed by atoms with Crippen LogP contribution in [0.25, 0.3) is 22.9 Å². The van der Waals surface area contributed by atoms with E-state index in [1.54, 1.807) is 0 Å². The molecule has 4 rings (SSSR count). The first-order valence-corrected chi connectivity index (χ1v) is 8.24. The fraction of sp³-hybridized carbons (Fsp3) is 0.0526. The number of nitrogens with zero attached hydrogens (tertiary/aromatic N) is 2. The zero-order valence-electron chi connectivity index (χ0n) is 12.6. The quantitative estimate of drug-likeness (QED) is 0.658. The van der Waals surface area contributed by atoms with Gasteiger partial charge in [-0.25, -0.2) is 4.98 Å². The first-order valence-electron chi connectivity index (χ1n) is 7.36. The molecule has 2 aromatic carbocycles. The van der Waals surface area contributed by atoms with Gasteiger partial charge < -0.3 is 9.47 Å². The van der Waals surface area contributed by atoms with Crippen LogP contribution in [-0.4, -0.2) is 11.8 Å². The number of ether oxygens (including phenoxy) is 2. The average molecular weight is 332 g/mol. The van der Waals surface area contributed by atoms with Crippen molar-refractivity contribution in [2.24, 2.45) is 0 Å². The molecule has 1 aliphatic heterocycles. The highest BCUT2D eigenvalue weighted by atomic mass is 32.1. The number of aromatic nitrogens is 1. The topological polar surface area (TPSA) is 55.1 Å². The number of nitriles is 1. The molecule has 24 heavy (non-hydrogen) atoms. The second-order valence-corrected chi connectivity index (χ2v) is 6.04. The number of benzene rings is 2. The van der Waals surface area contributed by atoms with E-state index in [1.807, 2.05) is 60.0 Å². The van der Waals surface area contributed by atoms with Crippen LogP contribution in [0.2, 0.25) is 0 Å². The van der Waals surface area contributed by atoms with Crippen molar-refractivity contribution in [1.29, 1.82) is 5.26 Å². The normalized spacial score (nSPS) is 12.9. The van der Waals surface area contributed by atoms with Crippen molar-refractivity contribution >= 4 is 23.0 Å². The Bertz CT molecular complexity index is 955. The predicted octanol–water partition coefficient (Wildman–Crippen LogP) is 4.60. The van der Waals surface area contributed by atoms with E-state index in [-0.39, 0.29) is 6.79 Å². The minimum Gasteiger partial charge on any atom is -0.454 e. The molecule has 0 fully saturated rings. The smallest absolute Gasteiger partial charge is 0.231 e. The zero-order valence-corrected chi connectivity index (χ0v) is 13.4. The Balaban J connectivity index is 1.67. The Kier molecular flexibility index (Phi) is 3.73. The van der Waals surface area contributed by atoms with Crippen molar-refractivity contribution in [3.63, 3.8) is 0 Å². The second-order valence-electron chi connectivity index (χ2n) is 5.19. The highest BCUT2D eigenvalue weighted by Crippen LogP contribution is 2.34. The minimum atomic E-state index is 0.237. The van der Waals surface area contributed by atoms with Crippen LogP contribution in [0.1, 0.15) is 10.6 Å². The molecule has 0 atom stereocenters. The lowest BCUT2D eigenvalue weighted by Crippen LogP contribution is -1.92. The fourth-order valence-electron chi connectivity index (χ4n) is 2.45. The van der Waals surface area contributed by atoms with E-state index in [1.165, 1.54) is 11.3 Å². The molecule has 0 radical (unpaired) electrons. The lowest BCUT2D eigenvalue weighted by atomic mass is 10.1. The molecule has 5 heteroatoms. The summed E-state index contributed by atoms with van der Waals surface area (Å²) in [6.07, 6.45) is 1.82. The van der Waals surface area contributed by atoms with E-state index in [0.29, 0.717) is 16.3 Å². The van der Waals surface area contributed by atoms with Gasteiger partial charge in [0.25, 0.3) is 0 Å². The van der Waals surface area contributed by atoms with Crippen LogP contribution in [-0.2, 0) is 0 Å². The van der Waals surface area contributed by atoms with Crippen LogP contribution in [0.15, 0.2) is 53.9 Å². The van der Waals surface area contributed by atoms with Gasteiger partial charge in [0, 0.05) is 10.9 Å². The van der Waals surface area contributed by atoms with Gasteiger partial charge in [0.15, 0.2) is 11.5 Å². The molecule has 116 valence electrons. The van der Waals surface area contributed by atoms with Crippen LogP contribution >= 0.6 is 11.3 Å². The molecule has 1 aliphatic rings. The lowest BCUT2D eigenvalue weighted by molar-refractivity contribution is 0.174. The summed E-state index contributed by atoms with van der Waals surface area (Å²) in [6, 6.07) is 17.8. The predicted molar refractivity (Wildman–Crippen MR) is 93.6 cm³/mol. The van der Waals surface area contributed by atoms with Gasteiger partial charge in [0.1, 0.15) is 11.1 Å². The first-order chi connectivity index (χ1) is 11.8. The molecule has 0 N–H and O–H groups in total. The van der Waals surface area contributed by atoms with Crippen molar-refractivity contribution in [3.05, 3.63) is 64.5 Å². The maximum absolute atomic E-state index is 9.51. The van der Waals surface area contributed by atoms with Gasteiger partial charge >= 0.3 is 0 Å². The van der Waals surface area contributed by atoms with E-state index in [4.69, 9.17) is 9.47 Å². The van der Waals surface area contributed by atoms with Crippen LogP contribution in [0.3, 0.4) is 0 Å². The molecule has 0 bridgehead atoms. The molecule has 4 nitrogen and oxygen atoms in total. The third-order valence-corrected chi connectivity index (χ3v) is 4.51. The summed E-state index contributed by atoms with van der Waals surface area (Å²) < 4.78 is 10.7. The maximum atomic E-state index is 9.51. The van der Waals surface area contributed by atoms with Gasteiger partial charge in [-0.3, -0.25) is 0 Å². The van der Waals surface area contributed by atoms with E-state index in [9.17, 15) is 5.26 Å². The number of hydrogen-bond donors (Lipinski definition) is 0. The van der Waals surface area contributed by atoms with Crippen molar-refractivity contribution in [1.82, 2.24) is 4.98 Å². The molecule has 2 heterocycles. The maximum Gasteiger partial charge on any atom is 0.231 e. The lowest BCUT2D eigenvalue weighted by Gasteiger charge is -1.99. The summed E-state index contributed by atoms with van der Waals surface area (Å²) in [5, 5.41) is 12.2. The van der Waals surface area contributed by atoms with E-state index in [2.05, 4.69) is 11.1 Å². The third-order valence-electron chi connectivity index (χ3n) is 3.63. The Morgan fingerprint density at radius 2 is 1.96 bits per heavy atom. The molecule has 0 unspecified atom stereocenters. The van der Waals surface area contributed by atoms with Crippen molar-refractivity contribution in [3.8, 4) is 28.8 Å². The molecular weight excluding hydrogens is 320 g/mol. The number of rotatable bonds is 3. The van der Waals surface area contributed by atoms with Gasteiger partial charge in [-0.2, -0.15) is 5.26 Å². The first kappa shape index (κ1) is 14.5. The molecule has 3 aromatic rings. The Hall–Kier alpha value is -3.10. The number of allylic oxidation sites excluding steroid dienone is 1. The Labute approximate surface area is 143 Å². The number of fused-ring (bicyclic) bond motifs is 1. The summed E-state index contributed by atoms with van der Waals surface area (Å²) in [4.78, 5) is 4.59. The van der Waals surface area contributed by atoms with E-state index in [0.717, 1.165) is 22.6 Å². The summed E-state index contributed by atoms with van der Waals surface area (Å²) in [5.41, 5.74) is 3.33. The molecule has 0 saturated heterocycles. The van der Waals surface area contributed by atoms with Gasteiger partial charge in [0.05, 0.1) is 11.3 Å². The highest BCUT2D eigenvalue weighted by molar-refractivity contribution is 7.11. The highest BCUT2D eigenvalue weighted by Gasteiger charge is 2.14. The van der Waals surface area contributed by atoms with Crippen molar-refractivity contribution in [2.75, 3.05) is 6.79 Å². The van der Waals surface area contributed by atoms with Crippen molar-refractivity contribution < 1.29 is 9.47 Å². The van der Waals surface area contributed by atoms with Gasteiger partial charge in [-0.1, -0.05) is 36.4 Å². The zero-order chi connectivity index (χ0) is 16.4. The summed E-state index contributed by atoms with van der Waals surface area (Å²) in [5.74, 6) is 1.43. The second kappa shape index (κ2) is 6.19. The van der Waals surface area contributed by atoms with Gasteiger partial charge in [-0.05, 0) is 23.8 Å². The van der Waals surface area contributed by atoms with Crippen molar-refractivity contribution in [2.45, 2.75) is 0 Å². The third kappa shape index (κ3) is 2.75. The fourth-order valence-corrected chi connectivity index (χ4v) is 3.24. The van der Waals surface area contributed by atoms with Crippen LogP contribution in [0.5, 0.6) is 11.5 Å². The Morgan fingerprint density at radius 1 is 1.12 bits per heavy atom. The van der Waals surface area contributed by atoms with Crippen LogP contribution in [0.4, 0.5) is 0 Å². The average Bonchev–Trinajstić information content (AvgIpc) is 3.29. The van der Waals surface area contributed by atoms with E-state index >= 15 is 0 Å². The standard InChI is InChI=1S/C19H12N2O2S/c20-10-15(8-13-6-7-17-18(9-13)23-12-22-17)19-21-16(11-24-19)14-4-2-1-3-5-14/h1-9,11H,12H2/b15-8-. The summed E-state index contributed by atoms with van der Waals surface area (Å²) in [7, 11) is 0. The molecule has 1 aromatic heterocycles. The molecule has 0 saturated carbocycles. The van der Waals surface area contributed by atoms with Crippen LogP contribution < -0.4 is 9.47 Å². The molecule has 0 spiro atoms. The van der Waals surface area contributed by atoms with Crippen LogP contribution in [0, 0.1) is 11.3 Å². The summed E-state index contributed by atoms with van der Waals surface area (Å²) >= 11 is 1.46. The largest absolute Gasteiger partial charge is 0.454 e. The van der Waals surface area contributed by atoms with Gasteiger partial charge in [0.2, 0.25) is 6.79 Å². The summed E-state index contributed by atoms with van der Waals surface area (Å²) in [6.45, 7) is 0.237. The molecule has 0 aliphatic carbocycles. The van der Waals surface area contributed by atoms with E-state index < -0.39 is 0 Å². The number of thiazole rings is 1. The molecular formula is C19H12N2O2S. The monoisotopic (exact) mass is 332 g/mol. The SMILES string of the molecule is N#C/C(=C/c1ccc2c(c1)OCO2)c1nc(-c2ccccc2)cs1. The Morgan fingerprint density at radius 3 is 2.79 bits per heavy atom. The van der Waals surface area contributed by atoms with Gasteiger partial charge in [-0.15, -0.1) is 11.3 Å².